The maximum atomic E-state index is 12.1. The van der Waals surface area contributed by atoms with Crippen molar-refractivity contribution in [3.8, 4) is 39.1 Å². The maximum absolute atomic E-state index is 12.1. The van der Waals surface area contributed by atoms with E-state index in [4.69, 9.17) is 7.85 Å². The fraction of sp³-hybridized carbons (Fsp3) is 0.191. The molecule has 1 N–H and O–H groups in total. The number of hydrogen-bond donors (Lipinski definition) is 1. The van der Waals surface area contributed by atoms with Crippen molar-refractivity contribution in [3.63, 3.8) is 0 Å². The SMILES string of the molecule is [B]c1c(C)c(C)c2c(-c3cccc4c(-c5ccc6c(c5)CCC=C6)cccc34)c3c(C)c(C)cc(C)c3c(-c3ccc(C)c(C)c3)c2c1O. The van der Waals surface area contributed by atoms with Crippen molar-refractivity contribution < 1.29 is 5.11 Å². The highest BCUT2D eigenvalue weighted by Crippen LogP contribution is 2.51. The fourth-order valence-corrected chi connectivity index (χ4v) is 8.37. The van der Waals surface area contributed by atoms with Gasteiger partial charge in [-0.15, -0.1) is 0 Å². The first-order valence-electron chi connectivity index (χ1n) is 17.4. The van der Waals surface area contributed by atoms with Crippen LogP contribution >= 0.6 is 0 Å². The highest BCUT2D eigenvalue weighted by molar-refractivity contribution is 6.39. The van der Waals surface area contributed by atoms with Gasteiger partial charge in [0.1, 0.15) is 13.6 Å². The molecule has 7 aromatic rings. The van der Waals surface area contributed by atoms with Gasteiger partial charge in [-0.25, -0.2) is 0 Å². The van der Waals surface area contributed by atoms with Crippen LogP contribution in [0, 0.1) is 48.5 Å². The van der Waals surface area contributed by atoms with Crippen LogP contribution in [0.15, 0.2) is 84.9 Å². The Balaban J connectivity index is 1.57. The van der Waals surface area contributed by atoms with E-state index in [-0.39, 0.29) is 5.75 Å². The Morgan fingerprint density at radius 1 is 0.551 bits per heavy atom. The molecule has 0 fully saturated rings. The van der Waals surface area contributed by atoms with Crippen LogP contribution in [0.25, 0.3) is 71.8 Å². The monoisotopic (exact) mass is 632 g/mol. The molecule has 0 unspecified atom stereocenters. The second-order valence-corrected chi connectivity index (χ2v) is 14.3. The molecule has 0 aromatic heterocycles. The number of hydrogen-bond acceptors (Lipinski definition) is 1. The number of phenols is 1. The largest absolute Gasteiger partial charge is 0.508 e. The molecule has 0 spiro atoms. The summed E-state index contributed by atoms with van der Waals surface area (Å²) in [5, 5.41) is 18.9. The zero-order valence-electron chi connectivity index (χ0n) is 29.6. The van der Waals surface area contributed by atoms with Crippen molar-refractivity contribution in [3.05, 3.63) is 135 Å². The Hall–Kier alpha value is -5.08. The van der Waals surface area contributed by atoms with Gasteiger partial charge in [0.2, 0.25) is 0 Å². The van der Waals surface area contributed by atoms with Crippen LogP contribution in [0.1, 0.15) is 56.5 Å². The van der Waals surface area contributed by atoms with Gasteiger partial charge in [-0.3, -0.25) is 0 Å². The molecule has 49 heavy (non-hydrogen) atoms. The summed E-state index contributed by atoms with van der Waals surface area (Å²) in [7, 11) is 6.74. The highest BCUT2D eigenvalue weighted by Gasteiger charge is 2.26. The van der Waals surface area contributed by atoms with E-state index in [0.29, 0.717) is 5.46 Å². The third-order valence-corrected chi connectivity index (χ3v) is 11.4. The lowest BCUT2D eigenvalue weighted by atomic mass is 9.75. The zero-order chi connectivity index (χ0) is 34.3. The Labute approximate surface area is 291 Å². The number of aromatic hydroxyl groups is 1. The second-order valence-electron chi connectivity index (χ2n) is 14.3. The van der Waals surface area contributed by atoms with E-state index in [2.05, 4.69) is 133 Å². The summed E-state index contributed by atoms with van der Waals surface area (Å²) in [4.78, 5) is 0. The first kappa shape index (κ1) is 31.2. The minimum atomic E-state index is 0.163. The third-order valence-electron chi connectivity index (χ3n) is 11.4. The molecule has 2 heteroatoms. The van der Waals surface area contributed by atoms with Crippen LogP contribution in [0.4, 0.5) is 0 Å². The van der Waals surface area contributed by atoms with Crippen molar-refractivity contribution in [1.82, 2.24) is 0 Å². The molecule has 1 aliphatic rings. The number of phenolic OH excluding ortho intramolecular Hbond substituents is 1. The molecule has 0 saturated heterocycles. The molecular formula is C47H41BO. The molecular weight excluding hydrogens is 591 g/mol. The lowest BCUT2D eigenvalue weighted by Gasteiger charge is -2.26. The van der Waals surface area contributed by atoms with E-state index in [9.17, 15) is 5.11 Å². The molecule has 0 aliphatic heterocycles. The van der Waals surface area contributed by atoms with E-state index in [0.717, 1.165) is 51.4 Å². The van der Waals surface area contributed by atoms with Crippen molar-refractivity contribution >= 4 is 51.7 Å². The average Bonchev–Trinajstić information content (AvgIpc) is 3.11. The molecule has 0 bridgehead atoms. The summed E-state index contributed by atoms with van der Waals surface area (Å²) < 4.78 is 0. The van der Waals surface area contributed by atoms with Gasteiger partial charge in [0.15, 0.2) is 0 Å². The third kappa shape index (κ3) is 4.68. The lowest BCUT2D eigenvalue weighted by molar-refractivity contribution is 0.485. The number of aryl methyl sites for hydroxylation is 7. The van der Waals surface area contributed by atoms with Gasteiger partial charge >= 0.3 is 0 Å². The molecule has 7 aromatic carbocycles. The standard InChI is InChI=1S/C47H41BO/c1-25-18-19-35(23-26(25)2)43-40-28(4)22-27(3)29(5)41(40)44(42-30(6)31(7)46(48)47(49)45(42)43)39-17-11-15-37-36(14-10-16-38(37)39)34-21-20-32-12-8-9-13-33(32)24-34/h8,10-12,14-24,49H,9,13H2,1-7H3. The van der Waals surface area contributed by atoms with Crippen LogP contribution in [0.3, 0.4) is 0 Å². The molecule has 0 heterocycles. The smallest absolute Gasteiger partial charge is 0.119 e. The van der Waals surface area contributed by atoms with Crippen molar-refractivity contribution in [1.29, 1.82) is 0 Å². The normalized spacial score (nSPS) is 12.7. The Morgan fingerprint density at radius 3 is 2.00 bits per heavy atom. The topological polar surface area (TPSA) is 20.2 Å². The quantitative estimate of drug-likeness (QED) is 0.152. The highest BCUT2D eigenvalue weighted by atomic mass is 16.3. The molecule has 1 aliphatic carbocycles. The van der Waals surface area contributed by atoms with Crippen molar-refractivity contribution in [2.75, 3.05) is 0 Å². The van der Waals surface area contributed by atoms with Crippen LogP contribution in [-0.2, 0) is 6.42 Å². The molecule has 0 amide bonds. The van der Waals surface area contributed by atoms with Gasteiger partial charge < -0.3 is 5.11 Å². The molecule has 1 nitrogen and oxygen atoms in total. The fourth-order valence-electron chi connectivity index (χ4n) is 8.37. The number of benzene rings is 7. The summed E-state index contributed by atoms with van der Waals surface area (Å²) >= 11 is 0. The lowest BCUT2D eigenvalue weighted by Crippen LogP contribution is -2.12. The van der Waals surface area contributed by atoms with Gasteiger partial charge in [-0.2, -0.15) is 0 Å². The van der Waals surface area contributed by atoms with Gasteiger partial charge in [0.25, 0.3) is 0 Å². The maximum Gasteiger partial charge on any atom is 0.119 e. The second kappa shape index (κ2) is 11.5. The van der Waals surface area contributed by atoms with E-state index in [1.54, 1.807) is 0 Å². The number of fused-ring (bicyclic) bond motifs is 4. The average molecular weight is 633 g/mol. The number of allylic oxidation sites excluding steroid dienone is 1. The van der Waals surface area contributed by atoms with Gasteiger partial charge in [0, 0.05) is 10.9 Å². The van der Waals surface area contributed by atoms with Crippen LogP contribution < -0.4 is 5.46 Å². The molecule has 238 valence electrons. The summed E-state index contributed by atoms with van der Waals surface area (Å²) in [6, 6.07) is 29.3. The minimum absolute atomic E-state index is 0.163. The predicted octanol–water partition coefficient (Wildman–Crippen LogP) is 11.8. The van der Waals surface area contributed by atoms with E-state index in [1.165, 1.54) is 77.2 Å². The Morgan fingerprint density at radius 2 is 1.24 bits per heavy atom. The molecule has 2 radical (unpaired) electrons. The molecule has 0 saturated carbocycles. The summed E-state index contributed by atoms with van der Waals surface area (Å²) in [6.45, 7) is 15.2. The van der Waals surface area contributed by atoms with Crippen LogP contribution in [0.5, 0.6) is 5.75 Å². The van der Waals surface area contributed by atoms with Gasteiger partial charge in [-0.05, 0) is 161 Å². The zero-order valence-corrected chi connectivity index (χ0v) is 29.6. The van der Waals surface area contributed by atoms with Crippen LogP contribution in [-0.4, -0.2) is 13.0 Å². The van der Waals surface area contributed by atoms with Crippen molar-refractivity contribution in [2.24, 2.45) is 0 Å². The van der Waals surface area contributed by atoms with Gasteiger partial charge in [0.05, 0.1) is 0 Å². The van der Waals surface area contributed by atoms with E-state index >= 15 is 0 Å². The Bertz CT molecular complexity index is 2580. The van der Waals surface area contributed by atoms with Gasteiger partial charge in [-0.1, -0.05) is 102 Å². The summed E-state index contributed by atoms with van der Waals surface area (Å²) in [5.74, 6) is 0.163. The first-order chi connectivity index (χ1) is 23.6. The first-order valence-corrected chi connectivity index (χ1v) is 17.4. The summed E-state index contributed by atoms with van der Waals surface area (Å²) in [6.07, 6.45) is 6.68. The molecule has 8 rings (SSSR count). The van der Waals surface area contributed by atoms with Crippen LogP contribution in [0.2, 0.25) is 0 Å². The Kier molecular flexibility index (Phi) is 7.34. The van der Waals surface area contributed by atoms with E-state index < -0.39 is 0 Å². The summed E-state index contributed by atoms with van der Waals surface area (Å²) in [5.41, 5.74) is 18.3. The number of rotatable bonds is 3. The molecule has 0 atom stereocenters. The van der Waals surface area contributed by atoms with Crippen molar-refractivity contribution in [2.45, 2.75) is 61.3 Å². The van der Waals surface area contributed by atoms with E-state index in [1.807, 2.05) is 6.92 Å². The minimum Gasteiger partial charge on any atom is -0.508 e. The predicted molar refractivity (Wildman–Crippen MR) is 213 cm³/mol.